The Morgan fingerprint density at radius 2 is 1.88 bits per heavy atom. The van der Waals surface area contributed by atoms with Crippen LogP contribution in [0.15, 0.2) is 48.5 Å². The second kappa shape index (κ2) is 7.34. The molecule has 0 saturated carbocycles. The van der Waals surface area contributed by atoms with Crippen LogP contribution in [-0.2, 0) is 12.1 Å². The van der Waals surface area contributed by atoms with Gasteiger partial charge < -0.3 is 15.1 Å². The van der Waals surface area contributed by atoms with Gasteiger partial charge in [0.25, 0.3) is 0 Å². The van der Waals surface area contributed by atoms with Crippen LogP contribution in [0.2, 0.25) is 5.02 Å². The van der Waals surface area contributed by atoms with E-state index in [9.17, 15) is 10.2 Å². The Morgan fingerprint density at radius 1 is 1.16 bits per heavy atom. The number of phenolic OH excluding ortho intramolecular Hbond substituents is 1. The molecule has 0 aromatic heterocycles. The number of rotatable bonds is 4. The first-order valence-electron chi connectivity index (χ1n) is 8.55. The lowest BCUT2D eigenvalue weighted by molar-refractivity contribution is -0.0892. The third kappa shape index (κ3) is 3.67. The number of nitrogens with zero attached hydrogens (tertiary/aromatic N) is 2. The summed E-state index contributed by atoms with van der Waals surface area (Å²) in [5, 5.41) is 21.6. The molecule has 0 amide bonds. The summed E-state index contributed by atoms with van der Waals surface area (Å²) in [4.78, 5) is 4.37. The molecule has 0 spiro atoms. The summed E-state index contributed by atoms with van der Waals surface area (Å²) in [6.45, 7) is 2.15. The fraction of sp³-hybridized carbons (Fsp3) is 0.400. The third-order valence-corrected chi connectivity index (χ3v) is 5.58. The van der Waals surface area contributed by atoms with Crippen molar-refractivity contribution in [2.45, 2.75) is 24.6 Å². The molecule has 1 aliphatic heterocycles. The summed E-state index contributed by atoms with van der Waals surface area (Å²) in [7, 11) is 4.01. The maximum absolute atomic E-state index is 11.4. The minimum absolute atomic E-state index is 0.0280. The van der Waals surface area contributed by atoms with Crippen molar-refractivity contribution in [2.75, 3.05) is 27.2 Å². The number of aliphatic hydroxyl groups is 1. The molecule has 0 aliphatic carbocycles. The second-order valence-electron chi connectivity index (χ2n) is 7.01. The molecule has 5 heteroatoms. The zero-order valence-corrected chi connectivity index (χ0v) is 15.4. The Hall–Kier alpha value is -1.59. The molecule has 2 aromatic carbocycles. The van der Waals surface area contributed by atoms with Crippen LogP contribution in [0.4, 0.5) is 0 Å². The van der Waals surface area contributed by atoms with E-state index in [1.807, 2.05) is 56.6 Å². The Morgan fingerprint density at radius 3 is 2.56 bits per heavy atom. The molecule has 25 heavy (non-hydrogen) atoms. The van der Waals surface area contributed by atoms with Gasteiger partial charge in [-0.3, -0.25) is 4.90 Å². The quantitative estimate of drug-likeness (QED) is 0.879. The average Bonchev–Trinajstić information content (AvgIpc) is 2.61. The van der Waals surface area contributed by atoms with Crippen molar-refractivity contribution in [1.82, 2.24) is 9.80 Å². The normalized spacial score (nSPS) is 24.6. The van der Waals surface area contributed by atoms with Gasteiger partial charge in [0.1, 0.15) is 11.4 Å². The summed E-state index contributed by atoms with van der Waals surface area (Å²) < 4.78 is 0. The molecular weight excluding hydrogens is 336 g/mol. The number of likely N-dealkylation sites (N-methyl/N-ethyl adjacent to an activating group) is 1. The van der Waals surface area contributed by atoms with Crippen molar-refractivity contribution in [3.63, 3.8) is 0 Å². The van der Waals surface area contributed by atoms with Crippen LogP contribution in [0.25, 0.3) is 0 Å². The molecule has 0 bridgehead atoms. The number of aromatic hydroxyl groups is 1. The van der Waals surface area contributed by atoms with Crippen LogP contribution in [0.1, 0.15) is 17.5 Å². The van der Waals surface area contributed by atoms with Crippen LogP contribution in [0, 0.1) is 0 Å². The summed E-state index contributed by atoms with van der Waals surface area (Å²) in [6, 6.07) is 15.2. The van der Waals surface area contributed by atoms with Crippen LogP contribution in [0.3, 0.4) is 0 Å². The largest absolute Gasteiger partial charge is 0.506 e. The van der Waals surface area contributed by atoms with Gasteiger partial charge in [-0.1, -0.05) is 54.1 Å². The predicted octanol–water partition coefficient (Wildman–Crippen LogP) is 3.07. The van der Waals surface area contributed by atoms with Gasteiger partial charge in [0, 0.05) is 19.6 Å². The van der Waals surface area contributed by atoms with Crippen LogP contribution in [0.5, 0.6) is 5.75 Å². The molecule has 2 aromatic rings. The minimum atomic E-state index is -0.871. The van der Waals surface area contributed by atoms with Crippen molar-refractivity contribution in [1.29, 1.82) is 0 Å². The molecule has 2 atom stereocenters. The summed E-state index contributed by atoms with van der Waals surface area (Å²) in [5.41, 5.74) is 0.997. The molecule has 3 rings (SSSR count). The fourth-order valence-corrected chi connectivity index (χ4v) is 3.89. The van der Waals surface area contributed by atoms with Crippen LogP contribution >= 0.6 is 11.6 Å². The number of piperidine rings is 1. The molecule has 4 nitrogen and oxygen atoms in total. The minimum Gasteiger partial charge on any atom is -0.506 e. The van der Waals surface area contributed by atoms with Crippen LogP contribution in [-0.4, -0.2) is 53.2 Å². The van der Waals surface area contributed by atoms with Gasteiger partial charge >= 0.3 is 0 Å². The monoisotopic (exact) mass is 360 g/mol. The summed E-state index contributed by atoms with van der Waals surface area (Å²) >= 11 is 6.23. The Bertz CT molecular complexity index is 723. The van der Waals surface area contributed by atoms with E-state index in [2.05, 4.69) is 9.80 Å². The highest BCUT2D eigenvalue weighted by Gasteiger charge is 2.43. The van der Waals surface area contributed by atoms with Crippen molar-refractivity contribution >= 4 is 11.6 Å². The van der Waals surface area contributed by atoms with E-state index in [0.29, 0.717) is 18.0 Å². The van der Waals surface area contributed by atoms with E-state index in [1.165, 1.54) is 0 Å². The van der Waals surface area contributed by atoms with E-state index in [1.54, 1.807) is 6.07 Å². The highest BCUT2D eigenvalue weighted by molar-refractivity contribution is 6.32. The molecular formula is C20H25ClN2O2. The van der Waals surface area contributed by atoms with Crippen molar-refractivity contribution in [3.8, 4) is 5.75 Å². The summed E-state index contributed by atoms with van der Waals surface area (Å²) in [6.07, 6.45) is 0.649. The standard InChI is InChI=1S/C20H25ClN2O2/c1-22(2)18-14-23(13-15-7-6-10-17(24)19(15)21)12-11-20(18,25)16-8-4-3-5-9-16/h3-10,18,24-25H,11-14H2,1-2H3/t18-,20+/m1/s1. The van der Waals surface area contributed by atoms with Crippen LogP contribution < -0.4 is 0 Å². The Balaban J connectivity index is 1.81. The molecule has 1 heterocycles. The smallest absolute Gasteiger partial charge is 0.134 e. The first-order chi connectivity index (χ1) is 11.9. The molecule has 134 valence electrons. The number of likely N-dealkylation sites (tertiary alicyclic amines) is 1. The molecule has 2 N–H and O–H groups in total. The number of hydrogen-bond acceptors (Lipinski definition) is 4. The van der Waals surface area contributed by atoms with Gasteiger partial charge in [0.05, 0.1) is 11.1 Å². The third-order valence-electron chi connectivity index (χ3n) is 5.14. The first kappa shape index (κ1) is 18.2. The number of benzene rings is 2. The fourth-order valence-electron chi connectivity index (χ4n) is 3.71. The van der Waals surface area contributed by atoms with Crippen molar-refractivity contribution in [2.24, 2.45) is 0 Å². The zero-order valence-electron chi connectivity index (χ0n) is 14.7. The lowest BCUT2D eigenvalue weighted by Crippen LogP contribution is -2.58. The van der Waals surface area contributed by atoms with E-state index >= 15 is 0 Å². The van der Waals surface area contributed by atoms with Gasteiger partial charge in [-0.15, -0.1) is 0 Å². The molecule has 1 aliphatic rings. The highest BCUT2D eigenvalue weighted by atomic mass is 35.5. The second-order valence-corrected chi connectivity index (χ2v) is 7.38. The Labute approximate surface area is 154 Å². The van der Waals surface area contributed by atoms with Gasteiger partial charge in [0.2, 0.25) is 0 Å². The lowest BCUT2D eigenvalue weighted by atomic mass is 9.79. The van der Waals surface area contributed by atoms with E-state index in [0.717, 1.165) is 24.2 Å². The van der Waals surface area contributed by atoms with Crippen molar-refractivity contribution in [3.05, 3.63) is 64.7 Å². The zero-order chi connectivity index (χ0) is 18.0. The predicted molar refractivity (Wildman–Crippen MR) is 101 cm³/mol. The van der Waals surface area contributed by atoms with Gasteiger partial charge in [-0.05, 0) is 37.7 Å². The SMILES string of the molecule is CN(C)[C@@H]1CN(Cc2cccc(O)c2Cl)CC[C@]1(O)c1ccccc1. The first-order valence-corrected chi connectivity index (χ1v) is 8.92. The summed E-state index contributed by atoms with van der Waals surface area (Å²) in [5.74, 6) is 0.112. The van der Waals surface area contributed by atoms with Gasteiger partial charge in [-0.2, -0.15) is 0 Å². The molecule has 0 radical (unpaired) electrons. The highest BCUT2D eigenvalue weighted by Crippen LogP contribution is 2.36. The van der Waals surface area contributed by atoms with E-state index < -0.39 is 5.60 Å². The Kier molecular flexibility index (Phi) is 5.35. The number of hydrogen-bond donors (Lipinski definition) is 2. The van der Waals surface area contributed by atoms with Crippen molar-refractivity contribution < 1.29 is 10.2 Å². The maximum Gasteiger partial charge on any atom is 0.134 e. The van der Waals surface area contributed by atoms with Gasteiger partial charge in [0.15, 0.2) is 0 Å². The molecule has 1 fully saturated rings. The molecule has 0 unspecified atom stereocenters. The topological polar surface area (TPSA) is 46.9 Å². The van der Waals surface area contributed by atoms with E-state index in [-0.39, 0.29) is 11.8 Å². The number of halogens is 1. The lowest BCUT2D eigenvalue weighted by Gasteiger charge is -2.47. The maximum atomic E-state index is 11.4. The van der Waals surface area contributed by atoms with E-state index in [4.69, 9.17) is 11.6 Å². The number of phenols is 1. The molecule has 1 saturated heterocycles. The average molecular weight is 361 g/mol. The van der Waals surface area contributed by atoms with Gasteiger partial charge in [-0.25, -0.2) is 0 Å².